The van der Waals surface area contributed by atoms with Crippen LogP contribution in [0.4, 0.5) is 13.2 Å². The molecule has 0 heterocycles. The van der Waals surface area contributed by atoms with Crippen LogP contribution in [0.5, 0.6) is 0 Å². The Morgan fingerprint density at radius 1 is 1.32 bits per heavy atom. The van der Waals surface area contributed by atoms with Crippen LogP contribution < -0.4 is 5.32 Å². The molecule has 0 bridgehead atoms. The molecule has 1 aliphatic rings. The Morgan fingerprint density at radius 3 is 2.53 bits per heavy atom. The number of halogens is 4. The van der Waals surface area contributed by atoms with Crippen molar-refractivity contribution in [3.05, 3.63) is 34.1 Å². The highest BCUT2D eigenvalue weighted by atomic mass is 79.9. The Bertz CT molecular complexity index is 440. The molecule has 106 valence electrons. The van der Waals surface area contributed by atoms with Crippen molar-refractivity contribution in [2.24, 2.45) is 5.92 Å². The molecular formula is C14H17BrF3N. The smallest absolute Gasteiger partial charge is 0.248 e. The van der Waals surface area contributed by atoms with Crippen LogP contribution in [-0.4, -0.2) is 13.0 Å². The lowest BCUT2D eigenvalue weighted by molar-refractivity contribution is -0.0496. The lowest BCUT2D eigenvalue weighted by atomic mass is 9.79. The van der Waals surface area contributed by atoms with Crippen molar-refractivity contribution in [3.63, 3.8) is 0 Å². The SMILES string of the molecule is CNC(c1cc(Br)ccc1F)C1CCC(F)(F)CC1. The summed E-state index contributed by atoms with van der Waals surface area (Å²) < 4.78 is 41.1. The highest BCUT2D eigenvalue weighted by Crippen LogP contribution is 2.41. The first kappa shape index (κ1) is 14.9. The molecule has 1 nitrogen and oxygen atoms in total. The molecule has 1 fully saturated rings. The molecule has 19 heavy (non-hydrogen) atoms. The maximum absolute atomic E-state index is 13.9. The van der Waals surface area contributed by atoms with Crippen LogP contribution in [0.15, 0.2) is 22.7 Å². The Labute approximate surface area is 119 Å². The predicted molar refractivity (Wildman–Crippen MR) is 72.8 cm³/mol. The lowest BCUT2D eigenvalue weighted by Gasteiger charge is -2.34. The molecule has 5 heteroatoms. The van der Waals surface area contributed by atoms with Gasteiger partial charge in [0.15, 0.2) is 0 Å². The molecule has 1 aliphatic carbocycles. The normalized spacial score (nSPS) is 21.3. The van der Waals surface area contributed by atoms with Crippen molar-refractivity contribution in [2.75, 3.05) is 7.05 Å². The van der Waals surface area contributed by atoms with E-state index < -0.39 is 5.92 Å². The van der Waals surface area contributed by atoms with Crippen LogP contribution in [0.3, 0.4) is 0 Å². The number of alkyl halides is 2. The van der Waals surface area contributed by atoms with E-state index in [0.29, 0.717) is 18.4 Å². The molecule has 0 spiro atoms. The maximum Gasteiger partial charge on any atom is 0.248 e. The van der Waals surface area contributed by atoms with E-state index in [1.165, 1.54) is 6.07 Å². The van der Waals surface area contributed by atoms with Gasteiger partial charge >= 0.3 is 0 Å². The Kier molecular flexibility index (Phi) is 4.56. The highest BCUT2D eigenvalue weighted by Gasteiger charge is 2.38. The quantitative estimate of drug-likeness (QED) is 0.846. The van der Waals surface area contributed by atoms with E-state index in [4.69, 9.17) is 0 Å². The zero-order chi connectivity index (χ0) is 14.0. The third-order valence-electron chi connectivity index (χ3n) is 3.84. The van der Waals surface area contributed by atoms with Gasteiger partial charge in [0.05, 0.1) is 0 Å². The van der Waals surface area contributed by atoms with Gasteiger partial charge in [-0.05, 0) is 44.0 Å². The van der Waals surface area contributed by atoms with Gasteiger partial charge in [-0.25, -0.2) is 13.2 Å². The van der Waals surface area contributed by atoms with E-state index >= 15 is 0 Å². The fraction of sp³-hybridized carbons (Fsp3) is 0.571. The fourth-order valence-electron chi connectivity index (χ4n) is 2.79. The third kappa shape index (κ3) is 3.51. The average molecular weight is 336 g/mol. The Hall–Kier alpha value is -0.550. The first-order chi connectivity index (χ1) is 8.93. The van der Waals surface area contributed by atoms with Gasteiger partial charge < -0.3 is 5.32 Å². The summed E-state index contributed by atoms with van der Waals surface area (Å²) in [7, 11) is 1.75. The number of nitrogens with one attached hydrogen (secondary N) is 1. The molecule has 0 aromatic heterocycles. The molecule has 0 aliphatic heterocycles. The molecular weight excluding hydrogens is 319 g/mol. The van der Waals surface area contributed by atoms with Gasteiger partial charge in [0.2, 0.25) is 5.92 Å². The van der Waals surface area contributed by atoms with Crippen molar-refractivity contribution in [2.45, 2.75) is 37.6 Å². The van der Waals surface area contributed by atoms with Crippen LogP contribution >= 0.6 is 15.9 Å². The molecule has 0 radical (unpaired) electrons. The van der Waals surface area contributed by atoms with Gasteiger partial charge in [0.1, 0.15) is 5.82 Å². The Morgan fingerprint density at radius 2 is 1.95 bits per heavy atom. The summed E-state index contributed by atoms with van der Waals surface area (Å²) >= 11 is 3.32. The standard InChI is InChI=1S/C14H17BrF3N/c1-19-13(9-4-6-14(17,18)7-5-9)11-8-10(15)2-3-12(11)16/h2-3,8-9,13,19H,4-7H2,1H3. The third-order valence-corrected chi connectivity index (χ3v) is 4.33. The minimum Gasteiger partial charge on any atom is -0.313 e. The summed E-state index contributed by atoms with van der Waals surface area (Å²) in [5.74, 6) is -2.79. The first-order valence-electron chi connectivity index (χ1n) is 6.43. The van der Waals surface area contributed by atoms with E-state index in [-0.39, 0.29) is 30.6 Å². The highest BCUT2D eigenvalue weighted by molar-refractivity contribution is 9.10. The molecule has 1 aromatic rings. The average Bonchev–Trinajstić information content (AvgIpc) is 2.36. The minimum absolute atomic E-state index is 0.0495. The second-order valence-electron chi connectivity index (χ2n) is 5.13. The van der Waals surface area contributed by atoms with Crippen molar-refractivity contribution >= 4 is 15.9 Å². The van der Waals surface area contributed by atoms with Crippen LogP contribution in [-0.2, 0) is 0 Å². The van der Waals surface area contributed by atoms with Crippen LogP contribution in [0.1, 0.15) is 37.3 Å². The molecule has 1 aromatic carbocycles. The van der Waals surface area contributed by atoms with E-state index in [2.05, 4.69) is 21.2 Å². The summed E-state index contributed by atoms with van der Waals surface area (Å²) in [6.07, 6.45) is 0.631. The fourth-order valence-corrected chi connectivity index (χ4v) is 3.17. The second-order valence-corrected chi connectivity index (χ2v) is 6.04. The number of hydrogen-bond donors (Lipinski definition) is 1. The summed E-state index contributed by atoms with van der Waals surface area (Å²) in [4.78, 5) is 0. The van der Waals surface area contributed by atoms with E-state index in [1.54, 1.807) is 19.2 Å². The van der Waals surface area contributed by atoms with E-state index in [9.17, 15) is 13.2 Å². The maximum atomic E-state index is 13.9. The zero-order valence-corrected chi connectivity index (χ0v) is 12.3. The number of benzene rings is 1. The van der Waals surface area contributed by atoms with Gasteiger partial charge in [-0.15, -0.1) is 0 Å². The van der Waals surface area contributed by atoms with Crippen LogP contribution in [0.2, 0.25) is 0 Å². The van der Waals surface area contributed by atoms with Gasteiger partial charge in [0.25, 0.3) is 0 Å². The molecule has 1 N–H and O–H groups in total. The second kappa shape index (κ2) is 5.83. The van der Waals surface area contributed by atoms with Crippen molar-refractivity contribution in [1.29, 1.82) is 0 Å². The summed E-state index contributed by atoms with van der Waals surface area (Å²) in [6, 6.07) is 4.55. The van der Waals surface area contributed by atoms with Gasteiger partial charge in [-0.2, -0.15) is 0 Å². The van der Waals surface area contributed by atoms with E-state index in [1.807, 2.05) is 0 Å². The van der Waals surface area contributed by atoms with Crippen LogP contribution in [0.25, 0.3) is 0 Å². The van der Waals surface area contributed by atoms with Gasteiger partial charge in [0, 0.05) is 28.9 Å². The minimum atomic E-state index is -2.55. The predicted octanol–water partition coefficient (Wildman–Crippen LogP) is 4.67. The zero-order valence-electron chi connectivity index (χ0n) is 10.7. The number of rotatable bonds is 3. The molecule has 1 saturated carbocycles. The summed E-state index contributed by atoms with van der Waals surface area (Å²) in [5.41, 5.74) is 0.548. The first-order valence-corrected chi connectivity index (χ1v) is 7.22. The summed E-state index contributed by atoms with van der Waals surface area (Å²) in [6.45, 7) is 0. The van der Waals surface area contributed by atoms with Crippen molar-refractivity contribution in [1.82, 2.24) is 5.32 Å². The molecule has 0 amide bonds. The topological polar surface area (TPSA) is 12.0 Å². The van der Waals surface area contributed by atoms with Crippen molar-refractivity contribution in [3.8, 4) is 0 Å². The summed E-state index contributed by atoms with van der Waals surface area (Å²) in [5, 5.41) is 3.08. The molecule has 2 rings (SSSR count). The number of hydrogen-bond acceptors (Lipinski definition) is 1. The molecule has 1 unspecified atom stereocenters. The van der Waals surface area contributed by atoms with Gasteiger partial charge in [-0.1, -0.05) is 15.9 Å². The van der Waals surface area contributed by atoms with E-state index in [0.717, 1.165) is 4.47 Å². The van der Waals surface area contributed by atoms with Gasteiger partial charge in [-0.3, -0.25) is 0 Å². The Balaban J connectivity index is 2.18. The largest absolute Gasteiger partial charge is 0.313 e. The van der Waals surface area contributed by atoms with Crippen molar-refractivity contribution < 1.29 is 13.2 Å². The van der Waals surface area contributed by atoms with Crippen LogP contribution in [0, 0.1) is 11.7 Å². The monoisotopic (exact) mass is 335 g/mol. The molecule has 1 atom stereocenters. The molecule has 0 saturated heterocycles. The lowest BCUT2D eigenvalue weighted by Crippen LogP contribution is -2.33.